The Balaban J connectivity index is 2.50. The molecule has 0 aliphatic carbocycles. The molecule has 94 valence electrons. The molecule has 2 N–H and O–H groups in total. The lowest BCUT2D eigenvalue weighted by molar-refractivity contribution is -0.140. The fourth-order valence-electron chi connectivity index (χ4n) is 1.85. The van der Waals surface area contributed by atoms with E-state index in [0.29, 0.717) is 6.61 Å². The van der Waals surface area contributed by atoms with E-state index in [0.717, 1.165) is 12.8 Å². The maximum absolute atomic E-state index is 12.0. The number of aliphatic hydroxyl groups excluding tert-OH is 1. The third-order valence-corrected chi connectivity index (χ3v) is 4.26. The zero-order chi connectivity index (χ0) is 12.2. The minimum atomic E-state index is -0.674. The molecule has 1 aliphatic rings. The van der Waals surface area contributed by atoms with E-state index >= 15 is 0 Å². The molecule has 16 heavy (non-hydrogen) atoms. The molecular weight excluding hydrogens is 226 g/mol. The third kappa shape index (κ3) is 3.12. The van der Waals surface area contributed by atoms with Crippen LogP contribution in [0.2, 0.25) is 0 Å². The molecule has 1 amide bonds. The Hall–Kier alpha value is -0.260. The summed E-state index contributed by atoms with van der Waals surface area (Å²) in [6.07, 6.45) is 3.64. The van der Waals surface area contributed by atoms with E-state index in [1.165, 1.54) is 0 Å². The zero-order valence-electron chi connectivity index (χ0n) is 10.2. The summed E-state index contributed by atoms with van der Waals surface area (Å²) >= 11 is 1.56. The Morgan fingerprint density at radius 1 is 1.69 bits per heavy atom. The molecule has 3 atom stereocenters. The van der Waals surface area contributed by atoms with Crippen LogP contribution in [0.4, 0.5) is 0 Å². The lowest BCUT2D eigenvalue weighted by Gasteiger charge is -2.27. The average Bonchev–Trinajstić information content (AvgIpc) is 2.68. The summed E-state index contributed by atoms with van der Waals surface area (Å²) in [6.45, 7) is 4.47. The highest BCUT2D eigenvalue weighted by atomic mass is 32.2. The molecule has 0 bridgehead atoms. The second-order valence-corrected chi connectivity index (χ2v) is 5.48. The maximum atomic E-state index is 12.0. The second kappa shape index (κ2) is 5.89. The Morgan fingerprint density at radius 3 is 2.81 bits per heavy atom. The quantitative estimate of drug-likeness (QED) is 0.754. The summed E-state index contributed by atoms with van der Waals surface area (Å²) in [4.78, 5) is 12.0. The van der Waals surface area contributed by atoms with Crippen LogP contribution in [0.15, 0.2) is 0 Å². The number of ether oxygens (including phenoxy) is 1. The summed E-state index contributed by atoms with van der Waals surface area (Å²) in [5, 5.41) is 12.1. The van der Waals surface area contributed by atoms with Crippen LogP contribution < -0.4 is 5.32 Å². The molecule has 5 heteroatoms. The minimum Gasteiger partial charge on any atom is -0.395 e. The van der Waals surface area contributed by atoms with Crippen LogP contribution in [0.5, 0.6) is 0 Å². The lowest BCUT2D eigenvalue weighted by atomic mass is 10.0. The number of aliphatic hydroxyl groups is 1. The molecule has 3 unspecified atom stereocenters. The number of hydrogen-bond donors (Lipinski definition) is 2. The number of thioether (sulfide) groups is 1. The van der Waals surface area contributed by atoms with Crippen molar-refractivity contribution < 1.29 is 14.6 Å². The molecule has 4 nitrogen and oxygen atoms in total. The first-order chi connectivity index (χ1) is 7.53. The van der Waals surface area contributed by atoms with Gasteiger partial charge >= 0.3 is 0 Å². The van der Waals surface area contributed by atoms with Crippen LogP contribution in [0.1, 0.15) is 26.7 Å². The van der Waals surface area contributed by atoms with E-state index in [9.17, 15) is 4.79 Å². The highest BCUT2D eigenvalue weighted by Crippen LogP contribution is 2.25. The van der Waals surface area contributed by atoms with Gasteiger partial charge in [0, 0.05) is 17.9 Å². The summed E-state index contributed by atoms with van der Waals surface area (Å²) in [5.74, 6) is -0.0648. The normalized spacial score (nSPS) is 28.8. The van der Waals surface area contributed by atoms with Crippen molar-refractivity contribution in [1.82, 2.24) is 5.32 Å². The number of carbonyl (C=O) groups excluding carboxylic acids is 1. The first-order valence-electron chi connectivity index (χ1n) is 5.62. The van der Waals surface area contributed by atoms with Crippen molar-refractivity contribution >= 4 is 17.7 Å². The number of rotatable bonds is 5. The van der Waals surface area contributed by atoms with Gasteiger partial charge in [0.15, 0.2) is 0 Å². The number of nitrogens with one attached hydrogen (secondary N) is 1. The van der Waals surface area contributed by atoms with Gasteiger partial charge in [0.1, 0.15) is 5.60 Å². The minimum absolute atomic E-state index is 0.0361. The summed E-state index contributed by atoms with van der Waals surface area (Å²) < 4.78 is 5.47. The van der Waals surface area contributed by atoms with Crippen molar-refractivity contribution in [3.05, 3.63) is 0 Å². The van der Waals surface area contributed by atoms with Gasteiger partial charge in [0.25, 0.3) is 5.91 Å². The van der Waals surface area contributed by atoms with Crippen LogP contribution in [0.3, 0.4) is 0 Å². The zero-order valence-corrected chi connectivity index (χ0v) is 11.0. The SMILES string of the molecule is CSC(CO)C(C)NC(=O)C1(C)CCCO1. The molecule has 0 aromatic carbocycles. The molecule has 1 fully saturated rings. The van der Waals surface area contributed by atoms with E-state index in [1.54, 1.807) is 11.8 Å². The van der Waals surface area contributed by atoms with E-state index < -0.39 is 5.60 Å². The Bertz CT molecular complexity index is 237. The maximum Gasteiger partial charge on any atom is 0.252 e. The van der Waals surface area contributed by atoms with E-state index in [1.807, 2.05) is 20.1 Å². The fourth-order valence-corrected chi connectivity index (χ4v) is 2.47. The largest absolute Gasteiger partial charge is 0.395 e. The molecule has 0 aromatic rings. The van der Waals surface area contributed by atoms with Crippen molar-refractivity contribution in [2.75, 3.05) is 19.5 Å². The van der Waals surface area contributed by atoms with Crippen molar-refractivity contribution in [3.63, 3.8) is 0 Å². The molecular formula is C11H21NO3S. The van der Waals surface area contributed by atoms with E-state index in [4.69, 9.17) is 9.84 Å². The van der Waals surface area contributed by atoms with Gasteiger partial charge in [-0.05, 0) is 32.9 Å². The van der Waals surface area contributed by atoms with Crippen LogP contribution in [-0.2, 0) is 9.53 Å². The Morgan fingerprint density at radius 2 is 2.38 bits per heavy atom. The smallest absolute Gasteiger partial charge is 0.252 e. The van der Waals surface area contributed by atoms with E-state index in [-0.39, 0.29) is 23.8 Å². The first-order valence-corrected chi connectivity index (χ1v) is 6.91. The Kier molecular flexibility index (Phi) is 5.08. The molecule has 1 heterocycles. The van der Waals surface area contributed by atoms with Crippen LogP contribution in [0.25, 0.3) is 0 Å². The number of amides is 1. The molecule has 0 saturated carbocycles. The summed E-state index contributed by atoms with van der Waals surface area (Å²) in [6, 6.07) is -0.0477. The topological polar surface area (TPSA) is 58.6 Å². The second-order valence-electron chi connectivity index (χ2n) is 4.40. The van der Waals surface area contributed by atoms with Gasteiger partial charge in [0.2, 0.25) is 0 Å². The fraction of sp³-hybridized carbons (Fsp3) is 0.909. The molecule has 0 spiro atoms. The van der Waals surface area contributed by atoms with E-state index in [2.05, 4.69) is 5.32 Å². The van der Waals surface area contributed by atoms with Gasteiger partial charge < -0.3 is 15.2 Å². The molecule has 0 radical (unpaired) electrons. The molecule has 0 aromatic heterocycles. The summed E-state index contributed by atoms with van der Waals surface area (Å²) in [7, 11) is 0. The lowest BCUT2D eigenvalue weighted by Crippen LogP contribution is -2.50. The van der Waals surface area contributed by atoms with Crippen molar-refractivity contribution in [3.8, 4) is 0 Å². The van der Waals surface area contributed by atoms with Gasteiger partial charge in [-0.1, -0.05) is 0 Å². The third-order valence-electron chi connectivity index (χ3n) is 3.10. The van der Waals surface area contributed by atoms with Gasteiger partial charge in [-0.25, -0.2) is 0 Å². The van der Waals surface area contributed by atoms with Crippen LogP contribution >= 0.6 is 11.8 Å². The highest BCUT2D eigenvalue weighted by molar-refractivity contribution is 7.99. The van der Waals surface area contributed by atoms with Gasteiger partial charge in [0.05, 0.1) is 6.61 Å². The monoisotopic (exact) mass is 247 g/mol. The first kappa shape index (κ1) is 13.8. The molecule has 1 aliphatic heterocycles. The molecule has 1 rings (SSSR count). The van der Waals surface area contributed by atoms with Crippen LogP contribution in [0, 0.1) is 0 Å². The standard InChI is InChI=1S/C11H21NO3S/c1-8(9(7-13)16-3)12-10(14)11(2)5-4-6-15-11/h8-9,13H,4-7H2,1-3H3,(H,12,14). The Labute approximate surface area is 101 Å². The molecule has 1 saturated heterocycles. The van der Waals surface area contributed by atoms with Crippen molar-refractivity contribution in [1.29, 1.82) is 0 Å². The van der Waals surface area contributed by atoms with Gasteiger partial charge in [-0.3, -0.25) is 4.79 Å². The predicted octanol–water partition coefficient (Wildman–Crippen LogP) is 0.784. The highest BCUT2D eigenvalue weighted by Gasteiger charge is 2.38. The van der Waals surface area contributed by atoms with Gasteiger partial charge in [-0.2, -0.15) is 11.8 Å². The number of carbonyl (C=O) groups is 1. The van der Waals surface area contributed by atoms with Crippen LogP contribution in [-0.4, -0.2) is 47.4 Å². The average molecular weight is 247 g/mol. The van der Waals surface area contributed by atoms with Gasteiger partial charge in [-0.15, -0.1) is 0 Å². The number of hydrogen-bond acceptors (Lipinski definition) is 4. The van der Waals surface area contributed by atoms with Crippen molar-refractivity contribution in [2.45, 2.75) is 43.6 Å². The van der Waals surface area contributed by atoms with Crippen molar-refractivity contribution in [2.24, 2.45) is 0 Å². The summed E-state index contributed by atoms with van der Waals surface area (Å²) in [5.41, 5.74) is -0.674. The predicted molar refractivity (Wildman–Crippen MR) is 65.6 cm³/mol.